The first-order valence-electron chi connectivity index (χ1n) is 6.86. The Morgan fingerprint density at radius 2 is 2.00 bits per heavy atom. The number of nitrogens with zero attached hydrogens (tertiary/aromatic N) is 1. The van der Waals surface area contributed by atoms with Crippen LogP contribution in [0.4, 0.5) is 0 Å². The number of fused-ring (bicyclic) bond motifs is 1. The lowest BCUT2D eigenvalue weighted by atomic mass is 10.2. The van der Waals surface area contributed by atoms with Crippen LogP contribution >= 0.6 is 11.3 Å². The Morgan fingerprint density at radius 3 is 2.73 bits per heavy atom. The molecule has 6 heteroatoms. The normalized spacial score (nSPS) is 13.3. The van der Waals surface area contributed by atoms with Gasteiger partial charge in [0.25, 0.3) is 5.91 Å². The van der Waals surface area contributed by atoms with E-state index < -0.39 is 0 Å². The third-order valence-electron chi connectivity index (χ3n) is 3.39. The topological polar surface area (TPSA) is 59.9 Å². The summed E-state index contributed by atoms with van der Waals surface area (Å²) in [5, 5.41) is 4.19. The van der Waals surface area contributed by atoms with Crippen molar-refractivity contribution in [3.8, 4) is 11.5 Å². The molecular formula is C16H16N2O3S. The molecule has 2 aromatic rings. The molecule has 1 aliphatic rings. The van der Waals surface area contributed by atoms with Crippen LogP contribution in [0.5, 0.6) is 11.5 Å². The van der Waals surface area contributed by atoms with Crippen molar-refractivity contribution in [3.63, 3.8) is 0 Å². The lowest BCUT2D eigenvalue weighted by molar-refractivity contribution is 0.0954. The van der Waals surface area contributed by atoms with Crippen molar-refractivity contribution in [3.05, 3.63) is 45.1 Å². The lowest BCUT2D eigenvalue weighted by Crippen LogP contribution is -2.19. The smallest absolute Gasteiger partial charge is 0.271 e. The second-order valence-corrected chi connectivity index (χ2v) is 6.49. The van der Waals surface area contributed by atoms with Crippen molar-refractivity contribution in [2.45, 2.75) is 20.8 Å². The molecule has 3 rings (SSSR count). The van der Waals surface area contributed by atoms with Crippen LogP contribution in [-0.4, -0.2) is 18.4 Å². The van der Waals surface area contributed by atoms with Crippen LogP contribution in [0.3, 0.4) is 0 Å². The van der Waals surface area contributed by atoms with Crippen LogP contribution in [0.2, 0.25) is 0 Å². The second-order valence-electron chi connectivity index (χ2n) is 5.03. The highest BCUT2D eigenvalue weighted by Crippen LogP contribution is 2.32. The van der Waals surface area contributed by atoms with Gasteiger partial charge in [-0.05, 0) is 45.0 Å². The number of thiophene rings is 1. The van der Waals surface area contributed by atoms with Gasteiger partial charge in [0.1, 0.15) is 0 Å². The van der Waals surface area contributed by atoms with Gasteiger partial charge in [0.2, 0.25) is 6.79 Å². The van der Waals surface area contributed by atoms with Crippen LogP contribution in [-0.2, 0) is 0 Å². The molecule has 1 amide bonds. The third-order valence-corrected chi connectivity index (χ3v) is 4.36. The maximum absolute atomic E-state index is 12.2. The van der Waals surface area contributed by atoms with E-state index in [-0.39, 0.29) is 12.7 Å². The van der Waals surface area contributed by atoms with E-state index in [1.54, 1.807) is 29.5 Å². The van der Waals surface area contributed by atoms with Crippen LogP contribution in [0, 0.1) is 13.8 Å². The average molecular weight is 316 g/mol. The molecule has 1 aromatic carbocycles. The van der Waals surface area contributed by atoms with Gasteiger partial charge in [-0.1, -0.05) is 0 Å². The van der Waals surface area contributed by atoms with Gasteiger partial charge in [-0.25, -0.2) is 5.43 Å². The third kappa shape index (κ3) is 2.82. The van der Waals surface area contributed by atoms with E-state index in [1.807, 2.05) is 13.8 Å². The number of benzene rings is 1. The van der Waals surface area contributed by atoms with Crippen molar-refractivity contribution in [1.29, 1.82) is 0 Å². The zero-order chi connectivity index (χ0) is 15.7. The number of hydrazone groups is 1. The molecule has 0 saturated carbocycles. The summed E-state index contributed by atoms with van der Waals surface area (Å²) in [5.74, 6) is 0.959. The van der Waals surface area contributed by atoms with Gasteiger partial charge in [-0.15, -0.1) is 11.3 Å². The molecule has 0 bridgehead atoms. The second kappa shape index (κ2) is 5.81. The van der Waals surface area contributed by atoms with Gasteiger partial charge < -0.3 is 9.47 Å². The van der Waals surface area contributed by atoms with Gasteiger partial charge in [0, 0.05) is 20.9 Å². The fourth-order valence-corrected chi connectivity index (χ4v) is 3.26. The van der Waals surface area contributed by atoms with E-state index >= 15 is 0 Å². The number of rotatable bonds is 3. The first-order chi connectivity index (χ1) is 10.5. The van der Waals surface area contributed by atoms with Crippen molar-refractivity contribution < 1.29 is 14.3 Å². The SMILES string of the molecule is C/C(=N/NC(=O)c1ccc2c(c1)OCO2)c1cc(C)sc1C. The molecule has 0 atom stereocenters. The molecule has 1 aromatic heterocycles. The van der Waals surface area contributed by atoms with Gasteiger partial charge in [0.15, 0.2) is 11.5 Å². The van der Waals surface area contributed by atoms with Crippen molar-refractivity contribution in [1.82, 2.24) is 5.43 Å². The number of carbonyl (C=O) groups is 1. The quantitative estimate of drug-likeness (QED) is 0.698. The first-order valence-corrected chi connectivity index (χ1v) is 7.68. The highest BCUT2D eigenvalue weighted by molar-refractivity contribution is 7.12. The molecular weight excluding hydrogens is 300 g/mol. The monoisotopic (exact) mass is 316 g/mol. The highest BCUT2D eigenvalue weighted by atomic mass is 32.1. The molecule has 0 fully saturated rings. The molecule has 114 valence electrons. The summed E-state index contributed by atoms with van der Waals surface area (Å²) in [4.78, 5) is 14.6. The number of ether oxygens (including phenoxy) is 2. The van der Waals surface area contributed by atoms with E-state index in [0.29, 0.717) is 17.1 Å². The Morgan fingerprint density at radius 1 is 1.23 bits per heavy atom. The number of nitrogens with one attached hydrogen (secondary N) is 1. The molecule has 0 aliphatic carbocycles. The van der Waals surface area contributed by atoms with Gasteiger partial charge in [-0.3, -0.25) is 4.79 Å². The van der Waals surface area contributed by atoms with Gasteiger partial charge in [-0.2, -0.15) is 5.10 Å². The van der Waals surface area contributed by atoms with Crippen LogP contribution in [0.15, 0.2) is 29.4 Å². The van der Waals surface area contributed by atoms with Crippen molar-refractivity contribution in [2.75, 3.05) is 6.79 Å². The lowest BCUT2D eigenvalue weighted by Gasteiger charge is -2.03. The maximum Gasteiger partial charge on any atom is 0.271 e. The largest absolute Gasteiger partial charge is 0.454 e. The molecule has 0 unspecified atom stereocenters. The van der Waals surface area contributed by atoms with E-state index in [1.165, 1.54) is 9.75 Å². The average Bonchev–Trinajstić information content (AvgIpc) is 3.09. The standard InChI is InChI=1S/C16H16N2O3S/c1-9-6-13(11(3)22-9)10(2)17-18-16(19)12-4-5-14-15(7-12)21-8-20-14/h4-7H,8H2,1-3H3,(H,18,19)/b17-10-. The molecule has 0 radical (unpaired) electrons. The van der Waals surface area contributed by atoms with E-state index in [0.717, 1.165) is 11.3 Å². The van der Waals surface area contributed by atoms with Gasteiger partial charge >= 0.3 is 0 Å². The van der Waals surface area contributed by atoms with E-state index in [2.05, 4.69) is 23.5 Å². The highest BCUT2D eigenvalue weighted by Gasteiger charge is 2.16. The summed E-state index contributed by atoms with van der Waals surface area (Å²) in [6.45, 7) is 6.17. The first kappa shape index (κ1) is 14.6. The minimum atomic E-state index is -0.276. The van der Waals surface area contributed by atoms with Crippen LogP contribution < -0.4 is 14.9 Å². The van der Waals surface area contributed by atoms with Crippen molar-refractivity contribution >= 4 is 23.0 Å². The molecule has 22 heavy (non-hydrogen) atoms. The number of hydrogen-bond donors (Lipinski definition) is 1. The molecule has 0 spiro atoms. The van der Waals surface area contributed by atoms with Gasteiger partial charge in [0.05, 0.1) is 5.71 Å². The van der Waals surface area contributed by atoms with E-state index in [9.17, 15) is 4.79 Å². The number of aryl methyl sites for hydroxylation is 2. The number of carbonyl (C=O) groups excluding carboxylic acids is 1. The molecule has 1 aliphatic heterocycles. The molecule has 1 N–H and O–H groups in total. The van der Waals surface area contributed by atoms with E-state index in [4.69, 9.17) is 9.47 Å². The number of amides is 1. The molecule has 0 saturated heterocycles. The maximum atomic E-state index is 12.2. The fraction of sp³-hybridized carbons (Fsp3) is 0.250. The van der Waals surface area contributed by atoms with Crippen LogP contribution in [0.25, 0.3) is 0 Å². The zero-order valence-electron chi connectivity index (χ0n) is 12.6. The molecule has 2 heterocycles. The minimum Gasteiger partial charge on any atom is -0.454 e. The summed E-state index contributed by atoms with van der Waals surface area (Å²) < 4.78 is 10.5. The Kier molecular flexibility index (Phi) is 3.85. The Hall–Kier alpha value is -2.34. The fourth-order valence-electron chi connectivity index (χ4n) is 2.29. The molecule has 5 nitrogen and oxygen atoms in total. The van der Waals surface area contributed by atoms with Crippen LogP contribution in [0.1, 0.15) is 32.6 Å². The Labute approximate surface area is 132 Å². The zero-order valence-corrected chi connectivity index (χ0v) is 13.4. The summed E-state index contributed by atoms with van der Waals surface area (Å²) in [5.41, 5.74) is 4.92. The summed E-state index contributed by atoms with van der Waals surface area (Å²) in [7, 11) is 0. The predicted octanol–water partition coefficient (Wildman–Crippen LogP) is 3.25. The Balaban J connectivity index is 1.74. The number of hydrogen-bond acceptors (Lipinski definition) is 5. The summed E-state index contributed by atoms with van der Waals surface area (Å²) in [6.07, 6.45) is 0. The van der Waals surface area contributed by atoms with Crippen molar-refractivity contribution in [2.24, 2.45) is 5.10 Å². The predicted molar refractivity (Wildman–Crippen MR) is 86.0 cm³/mol. The summed E-state index contributed by atoms with van der Waals surface area (Å²) in [6, 6.07) is 7.14. The summed E-state index contributed by atoms with van der Waals surface area (Å²) >= 11 is 1.72. The Bertz CT molecular complexity index is 765. The minimum absolute atomic E-state index is 0.189.